The van der Waals surface area contributed by atoms with Gasteiger partial charge in [0, 0.05) is 18.7 Å². The number of nitrogens with one attached hydrogen (secondary N) is 1. The molecular formula is C19H21ClF2N2O4S2. The van der Waals surface area contributed by atoms with Crippen molar-refractivity contribution in [1.29, 1.82) is 0 Å². The maximum absolute atomic E-state index is 12.9. The van der Waals surface area contributed by atoms with E-state index in [0.29, 0.717) is 0 Å². The molecule has 164 valence electrons. The van der Waals surface area contributed by atoms with Crippen LogP contribution < -0.4 is 10.1 Å². The van der Waals surface area contributed by atoms with Crippen LogP contribution in [-0.2, 0) is 10.0 Å². The second kappa shape index (κ2) is 10.4. The maximum Gasteiger partial charge on any atom is 0.289 e. The molecule has 11 heteroatoms. The first-order valence-electron chi connectivity index (χ1n) is 8.88. The number of hydrogen-bond acceptors (Lipinski definition) is 5. The predicted molar refractivity (Wildman–Crippen MR) is 114 cm³/mol. The van der Waals surface area contributed by atoms with Gasteiger partial charge in [-0.05, 0) is 30.3 Å². The number of alkyl halides is 2. The highest BCUT2D eigenvalue weighted by Crippen LogP contribution is 2.38. The van der Waals surface area contributed by atoms with Crippen LogP contribution in [0.5, 0.6) is 5.75 Å². The number of carbonyl (C=O) groups excluding carboxylic acids is 1. The molecule has 0 saturated heterocycles. The van der Waals surface area contributed by atoms with Crippen LogP contribution in [0.2, 0.25) is 5.02 Å². The van der Waals surface area contributed by atoms with E-state index in [1.165, 1.54) is 47.8 Å². The van der Waals surface area contributed by atoms with Crippen molar-refractivity contribution in [3.8, 4) is 5.75 Å². The number of sulfonamides is 1. The summed E-state index contributed by atoms with van der Waals surface area (Å²) in [5.74, 6) is -3.31. The monoisotopic (exact) mass is 478 g/mol. The fraction of sp³-hybridized carbons (Fsp3) is 0.316. The fourth-order valence-electron chi connectivity index (χ4n) is 2.73. The minimum absolute atomic E-state index is 0.0204. The first-order chi connectivity index (χ1) is 14.1. The van der Waals surface area contributed by atoms with Gasteiger partial charge in [0.05, 0.1) is 22.7 Å². The topological polar surface area (TPSA) is 75.7 Å². The standard InChI is InChI=1S/C19H21ClF2N2O4S2/c1-4-24(5-2)30(26,27)16-11-12(9-10-15(16)28-3)18(25)23-14-8-6-7-13(20)17(14)29-19(21)22/h6-11,19H,4-5H2,1-3H3,(H,23,25). The Labute approximate surface area is 183 Å². The Kier molecular flexibility index (Phi) is 8.48. The number of methoxy groups -OCH3 is 1. The van der Waals surface area contributed by atoms with E-state index in [0.717, 1.165) is 0 Å². The largest absolute Gasteiger partial charge is 0.495 e. The van der Waals surface area contributed by atoms with Crippen LogP contribution in [0.25, 0.3) is 0 Å². The lowest BCUT2D eigenvalue weighted by molar-refractivity contribution is 0.102. The summed E-state index contributed by atoms with van der Waals surface area (Å²) in [6.07, 6.45) is 0. The molecule has 0 aliphatic heterocycles. The highest BCUT2D eigenvalue weighted by Gasteiger charge is 2.27. The molecule has 0 aliphatic rings. The highest BCUT2D eigenvalue weighted by molar-refractivity contribution is 7.99. The van der Waals surface area contributed by atoms with E-state index >= 15 is 0 Å². The van der Waals surface area contributed by atoms with Crippen molar-refractivity contribution in [3.05, 3.63) is 47.0 Å². The minimum atomic E-state index is -3.90. The summed E-state index contributed by atoms with van der Waals surface area (Å²) in [4.78, 5) is 12.6. The number of ether oxygens (including phenoxy) is 1. The highest BCUT2D eigenvalue weighted by atomic mass is 35.5. The molecule has 0 spiro atoms. The van der Waals surface area contributed by atoms with E-state index in [1.54, 1.807) is 13.8 Å². The molecule has 1 N–H and O–H groups in total. The van der Waals surface area contributed by atoms with Crippen LogP contribution in [0.3, 0.4) is 0 Å². The third-order valence-corrected chi connectivity index (χ3v) is 7.52. The van der Waals surface area contributed by atoms with Crippen LogP contribution in [0.15, 0.2) is 46.2 Å². The summed E-state index contributed by atoms with van der Waals surface area (Å²) < 4.78 is 58.0. The zero-order valence-electron chi connectivity index (χ0n) is 16.5. The Balaban J connectivity index is 2.45. The van der Waals surface area contributed by atoms with Crippen molar-refractivity contribution < 1.29 is 26.7 Å². The molecule has 0 saturated carbocycles. The third kappa shape index (κ3) is 5.42. The number of hydrogen-bond donors (Lipinski definition) is 1. The normalized spacial score (nSPS) is 11.7. The number of halogens is 3. The zero-order chi connectivity index (χ0) is 22.5. The van der Waals surface area contributed by atoms with Gasteiger partial charge < -0.3 is 10.1 Å². The number of rotatable bonds is 9. The van der Waals surface area contributed by atoms with Gasteiger partial charge in [0.15, 0.2) is 0 Å². The predicted octanol–water partition coefficient (Wildman–Crippen LogP) is 4.95. The minimum Gasteiger partial charge on any atom is -0.495 e. The summed E-state index contributed by atoms with van der Waals surface area (Å²) in [5, 5.41) is 2.59. The van der Waals surface area contributed by atoms with E-state index in [2.05, 4.69) is 5.32 Å². The molecule has 1 amide bonds. The van der Waals surface area contributed by atoms with Crippen molar-refractivity contribution in [2.24, 2.45) is 0 Å². The Morgan fingerprint density at radius 2 is 1.90 bits per heavy atom. The molecule has 2 aromatic rings. The van der Waals surface area contributed by atoms with Crippen molar-refractivity contribution in [2.45, 2.75) is 29.4 Å². The first-order valence-corrected chi connectivity index (χ1v) is 11.6. The second-order valence-electron chi connectivity index (χ2n) is 5.90. The number of carbonyl (C=O) groups is 1. The summed E-state index contributed by atoms with van der Waals surface area (Å²) in [5.41, 5.74) is 0.122. The van der Waals surface area contributed by atoms with E-state index in [1.807, 2.05) is 0 Å². The lowest BCUT2D eigenvalue weighted by Crippen LogP contribution is -2.31. The molecule has 0 bridgehead atoms. The molecule has 0 aliphatic carbocycles. The quantitative estimate of drug-likeness (QED) is 0.516. The molecule has 0 radical (unpaired) electrons. The maximum atomic E-state index is 12.9. The van der Waals surface area contributed by atoms with E-state index in [-0.39, 0.29) is 56.7 Å². The van der Waals surface area contributed by atoms with Crippen LogP contribution >= 0.6 is 23.4 Å². The lowest BCUT2D eigenvalue weighted by Gasteiger charge is -2.20. The van der Waals surface area contributed by atoms with Crippen molar-refractivity contribution in [3.63, 3.8) is 0 Å². The zero-order valence-corrected chi connectivity index (χ0v) is 18.9. The number of nitrogens with zero attached hydrogens (tertiary/aromatic N) is 1. The molecule has 0 fully saturated rings. The molecule has 0 aromatic heterocycles. The average Bonchev–Trinajstić information content (AvgIpc) is 2.70. The van der Waals surface area contributed by atoms with Crippen LogP contribution in [-0.4, -0.2) is 44.6 Å². The summed E-state index contributed by atoms with van der Waals surface area (Å²) in [6.45, 7) is 3.89. The third-order valence-electron chi connectivity index (χ3n) is 4.17. The number of amides is 1. The second-order valence-corrected chi connectivity index (χ2v) is 9.22. The van der Waals surface area contributed by atoms with E-state index < -0.39 is 21.7 Å². The van der Waals surface area contributed by atoms with Gasteiger partial charge in [0.1, 0.15) is 10.6 Å². The van der Waals surface area contributed by atoms with Gasteiger partial charge in [0.25, 0.3) is 11.7 Å². The van der Waals surface area contributed by atoms with Crippen molar-refractivity contribution in [1.82, 2.24) is 4.31 Å². The Morgan fingerprint density at radius 3 is 2.47 bits per heavy atom. The molecule has 30 heavy (non-hydrogen) atoms. The molecule has 2 rings (SSSR count). The molecule has 6 nitrogen and oxygen atoms in total. The molecule has 0 unspecified atom stereocenters. The van der Waals surface area contributed by atoms with Gasteiger partial charge >= 0.3 is 0 Å². The Bertz CT molecular complexity index is 1020. The summed E-state index contributed by atoms with van der Waals surface area (Å²) in [7, 11) is -2.57. The Hall–Kier alpha value is -1.88. The number of thioether (sulfide) groups is 1. The van der Waals surface area contributed by atoms with Crippen LogP contribution in [0, 0.1) is 0 Å². The SMILES string of the molecule is CCN(CC)S(=O)(=O)c1cc(C(=O)Nc2cccc(Cl)c2SC(F)F)ccc1OC. The van der Waals surface area contributed by atoms with Gasteiger partial charge in [-0.2, -0.15) is 13.1 Å². The molecular weight excluding hydrogens is 458 g/mol. The van der Waals surface area contributed by atoms with Gasteiger partial charge in [-0.15, -0.1) is 0 Å². The molecule has 0 atom stereocenters. The Morgan fingerprint density at radius 1 is 1.23 bits per heavy atom. The van der Waals surface area contributed by atoms with Gasteiger partial charge in [-0.25, -0.2) is 8.42 Å². The van der Waals surface area contributed by atoms with Gasteiger partial charge in [-0.3, -0.25) is 4.79 Å². The number of benzene rings is 2. The first kappa shape index (κ1) is 24.4. The van der Waals surface area contributed by atoms with Crippen LogP contribution in [0.4, 0.5) is 14.5 Å². The van der Waals surface area contributed by atoms with Crippen molar-refractivity contribution in [2.75, 3.05) is 25.5 Å². The van der Waals surface area contributed by atoms with Crippen LogP contribution in [0.1, 0.15) is 24.2 Å². The fourth-order valence-corrected chi connectivity index (χ4v) is 5.29. The lowest BCUT2D eigenvalue weighted by atomic mass is 10.2. The molecule has 2 aromatic carbocycles. The molecule has 0 heterocycles. The summed E-state index contributed by atoms with van der Waals surface area (Å²) in [6, 6.07) is 8.34. The van der Waals surface area contributed by atoms with E-state index in [9.17, 15) is 22.0 Å². The summed E-state index contributed by atoms with van der Waals surface area (Å²) >= 11 is 6.20. The smallest absolute Gasteiger partial charge is 0.289 e. The van der Waals surface area contributed by atoms with E-state index in [4.69, 9.17) is 16.3 Å². The van der Waals surface area contributed by atoms with Gasteiger partial charge in [0.2, 0.25) is 10.0 Å². The average molecular weight is 479 g/mol. The number of anilines is 1. The van der Waals surface area contributed by atoms with Crippen molar-refractivity contribution >= 4 is 45.0 Å². The van der Waals surface area contributed by atoms with Gasteiger partial charge in [-0.1, -0.05) is 43.3 Å².